The molecule has 2 heterocycles. The number of benzene rings is 1. The highest BCUT2D eigenvalue weighted by molar-refractivity contribution is 6.04. The summed E-state index contributed by atoms with van der Waals surface area (Å²) in [5.74, 6) is 0.683. The summed E-state index contributed by atoms with van der Waals surface area (Å²) in [5.41, 5.74) is 1.86. The average molecular weight is 326 g/mol. The van der Waals surface area contributed by atoms with Crippen LogP contribution in [-0.4, -0.2) is 34.2 Å². The van der Waals surface area contributed by atoms with Crippen LogP contribution in [0.1, 0.15) is 30.6 Å². The first-order valence-electron chi connectivity index (χ1n) is 7.78. The minimum atomic E-state index is -0.238. The molecule has 2 amide bonds. The molecule has 0 unspecified atom stereocenters. The van der Waals surface area contributed by atoms with Gasteiger partial charge < -0.3 is 9.84 Å². The first kappa shape index (κ1) is 15.9. The first-order valence-corrected chi connectivity index (χ1v) is 7.78. The zero-order valence-corrected chi connectivity index (χ0v) is 13.4. The van der Waals surface area contributed by atoms with E-state index in [0.29, 0.717) is 24.4 Å². The van der Waals surface area contributed by atoms with E-state index in [4.69, 9.17) is 4.52 Å². The third-order valence-electron chi connectivity index (χ3n) is 3.66. The van der Waals surface area contributed by atoms with Gasteiger partial charge in [0, 0.05) is 25.3 Å². The van der Waals surface area contributed by atoms with E-state index >= 15 is 0 Å². The average Bonchev–Trinajstić information content (AvgIpc) is 3.00. The van der Waals surface area contributed by atoms with E-state index in [0.717, 1.165) is 11.3 Å². The van der Waals surface area contributed by atoms with Crippen molar-refractivity contribution in [3.63, 3.8) is 0 Å². The second-order valence-electron chi connectivity index (χ2n) is 5.55. The molecular weight excluding hydrogens is 308 g/mol. The molecule has 0 saturated heterocycles. The van der Waals surface area contributed by atoms with Crippen molar-refractivity contribution in [1.29, 1.82) is 0 Å². The van der Waals surface area contributed by atoms with Crippen LogP contribution in [-0.2, 0) is 9.59 Å². The Morgan fingerprint density at radius 2 is 2.08 bits per heavy atom. The molecule has 1 aromatic carbocycles. The monoisotopic (exact) mass is 326 g/mol. The number of amides is 2. The van der Waals surface area contributed by atoms with Crippen LogP contribution in [0, 0.1) is 6.92 Å². The normalized spacial score (nSPS) is 14.5. The van der Waals surface area contributed by atoms with Crippen LogP contribution in [0.15, 0.2) is 46.0 Å². The summed E-state index contributed by atoms with van der Waals surface area (Å²) in [4.78, 5) is 23.9. The van der Waals surface area contributed by atoms with Gasteiger partial charge in [-0.3, -0.25) is 9.59 Å². The van der Waals surface area contributed by atoms with Gasteiger partial charge in [0.15, 0.2) is 5.82 Å². The summed E-state index contributed by atoms with van der Waals surface area (Å²) in [5, 5.41) is 12.1. The molecule has 2 aromatic rings. The van der Waals surface area contributed by atoms with Gasteiger partial charge >= 0.3 is 0 Å². The highest BCUT2D eigenvalue weighted by atomic mass is 16.5. The van der Waals surface area contributed by atoms with E-state index in [1.54, 1.807) is 13.0 Å². The molecule has 1 aliphatic heterocycles. The van der Waals surface area contributed by atoms with Crippen molar-refractivity contribution in [2.75, 3.05) is 11.9 Å². The van der Waals surface area contributed by atoms with Crippen LogP contribution in [0.25, 0.3) is 0 Å². The van der Waals surface area contributed by atoms with Crippen molar-refractivity contribution >= 4 is 23.3 Å². The van der Waals surface area contributed by atoms with Crippen molar-refractivity contribution in [3.05, 3.63) is 47.7 Å². The van der Waals surface area contributed by atoms with Crippen molar-refractivity contribution in [1.82, 2.24) is 10.2 Å². The molecule has 0 aliphatic carbocycles. The Bertz CT molecular complexity index is 767. The fraction of sp³-hybridized carbons (Fsp3) is 0.294. The maximum Gasteiger partial charge on any atom is 0.243 e. The number of nitrogens with zero attached hydrogens (tertiary/aromatic N) is 3. The number of hydrazone groups is 1. The number of nitrogens with one attached hydrogen (secondary N) is 1. The molecule has 0 atom stereocenters. The zero-order chi connectivity index (χ0) is 16.9. The van der Waals surface area contributed by atoms with E-state index in [-0.39, 0.29) is 24.8 Å². The van der Waals surface area contributed by atoms with Gasteiger partial charge in [-0.15, -0.1) is 0 Å². The van der Waals surface area contributed by atoms with E-state index in [1.807, 2.05) is 30.3 Å². The topological polar surface area (TPSA) is 87.8 Å². The Morgan fingerprint density at radius 1 is 1.29 bits per heavy atom. The lowest BCUT2D eigenvalue weighted by Gasteiger charge is -2.23. The van der Waals surface area contributed by atoms with Crippen LogP contribution in [0.2, 0.25) is 0 Å². The number of rotatable bonds is 5. The van der Waals surface area contributed by atoms with Gasteiger partial charge in [-0.25, -0.2) is 5.01 Å². The van der Waals surface area contributed by atoms with Crippen LogP contribution in [0.4, 0.5) is 5.82 Å². The predicted octanol–water partition coefficient (Wildman–Crippen LogP) is 2.34. The van der Waals surface area contributed by atoms with E-state index in [1.165, 1.54) is 5.01 Å². The van der Waals surface area contributed by atoms with E-state index < -0.39 is 0 Å². The lowest BCUT2D eigenvalue weighted by Crippen LogP contribution is -2.34. The van der Waals surface area contributed by atoms with Crippen molar-refractivity contribution in [3.8, 4) is 0 Å². The van der Waals surface area contributed by atoms with Gasteiger partial charge in [0.25, 0.3) is 0 Å². The molecule has 3 rings (SSSR count). The third-order valence-corrected chi connectivity index (χ3v) is 3.66. The molecular formula is C17H18N4O3. The second-order valence-corrected chi connectivity index (χ2v) is 5.55. The Morgan fingerprint density at radius 3 is 2.79 bits per heavy atom. The minimum absolute atomic E-state index is 0.0697. The maximum atomic E-state index is 12.0. The molecule has 1 aromatic heterocycles. The first-order chi connectivity index (χ1) is 11.6. The van der Waals surface area contributed by atoms with Crippen LogP contribution in [0.3, 0.4) is 0 Å². The van der Waals surface area contributed by atoms with Gasteiger partial charge in [0.05, 0.1) is 12.3 Å². The Kier molecular flexibility index (Phi) is 4.69. The molecule has 124 valence electrons. The number of carbonyl (C=O) groups excluding carboxylic acids is 2. The zero-order valence-electron chi connectivity index (χ0n) is 13.4. The second kappa shape index (κ2) is 7.08. The molecule has 0 fully saturated rings. The standard InChI is InChI=1S/C17H18N4O3/c1-12-11-15(20-24-12)18-16(22)9-10-21-17(23)8-7-14(19-21)13-5-3-2-4-6-13/h2-6,11H,7-10H2,1H3,(H,18,20,22). The van der Waals surface area contributed by atoms with Gasteiger partial charge in [0.2, 0.25) is 11.8 Å². The summed E-state index contributed by atoms with van der Waals surface area (Å²) in [6.07, 6.45) is 1.16. The SMILES string of the molecule is Cc1cc(NC(=O)CCN2N=C(c3ccccc3)CCC2=O)no1. The Balaban J connectivity index is 1.60. The Labute approximate surface area is 139 Å². The fourth-order valence-electron chi connectivity index (χ4n) is 2.45. The van der Waals surface area contributed by atoms with Crippen molar-refractivity contribution < 1.29 is 14.1 Å². The molecule has 1 aliphatic rings. The molecule has 7 heteroatoms. The number of carbonyl (C=O) groups is 2. The maximum absolute atomic E-state index is 12.0. The molecule has 7 nitrogen and oxygen atoms in total. The lowest BCUT2D eigenvalue weighted by molar-refractivity contribution is -0.132. The summed E-state index contributed by atoms with van der Waals surface area (Å²) < 4.78 is 4.89. The van der Waals surface area contributed by atoms with Crippen molar-refractivity contribution in [2.45, 2.75) is 26.2 Å². The van der Waals surface area contributed by atoms with Crippen molar-refractivity contribution in [2.24, 2.45) is 5.10 Å². The van der Waals surface area contributed by atoms with Crippen LogP contribution in [0.5, 0.6) is 0 Å². The van der Waals surface area contributed by atoms with E-state index in [2.05, 4.69) is 15.6 Å². The minimum Gasteiger partial charge on any atom is -0.360 e. The Hall–Kier alpha value is -2.96. The highest BCUT2D eigenvalue weighted by Crippen LogP contribution is 2.15. The summed E-state index contributed by atoms with van der Waals surface area (Å²) in [6, 6.07) is 11.4. The highest BCUT2D eigenvalue weighted by Gasteiger charge is 2.21. The van der Waals surface area contributed by atoms with Gasteiger partial charge in [-0.1, -0.05) is 35.5 Å². The van der Waals surface area contributed by atoms with Gasteiger partial charge in [-0.05, 0) is 12.5 Å². The molecule has 0 saturated carbocycles. The number of aromatic nitrogens is 1. The molecule has 0 bridgehead atoms. The summed E-state index contributed by atoms with van der Waals surface area (Å²) in [6.45, 7) is 1.98. The fourth-order valence-corrected chi connectivity index (χ4v) is 2.45. The predicted molar refractivity (Wildman–Crippen MR) is 88.4 cm³/mol. The number of anilines is 1. The van der Waals surface area contributed by atoms with Crippen LogP contribution < -0.4 is 5.32 Å². The van der Waals surface area contributed by atoms with Crippen LogP contribution >= 0.6 is 0 Å². The summed E-state index contributed by atoms with van der Waals surface area (Å²) in [7, 11) is 0. The summed E-state index contributed by atoms with van der Waals surface area (Å²) >= 11 is 0. The largest absolute Gasteiger partial charge is 0.360 e. The number of hydrogen-bond donors (Lipinski definition) is 1. The van der Waals surface area contributed by atoms with Gasteiger partial charge in [0.1, 0.15) is 5.76 Å². The smallest absolute Gasteiger partial charge is 0.243 e. The van der Waals surface area contributed by atoms with Gasteiger partial charge in [-0.2, -0.15) is 5.10 Å². The molecule has 24 heavy (non-hydrogen) atoms. The molecule has 0 spiro atoms. The quantitative estimate of drug-likeness (QED) is 0.913. The molecule has 1 N–H and O–H groups in total. The number of hydrogen-bond acceptors (Lipinski definition) is 5. The number of aryl methyl sites for hydroxylation is 1. The molecule has 0 radical (unpaired) electrons. The van der Waals surface area contributed by atoms with E-state index in [9.17, 15) is 9.59 Å². The third kappa shape index (κ3) is 3.87. The lowest BCUT2D eigenvalue weighted by atomic mass is 10.0.